The molecule has 3 aromatic rings. The van der Waals surface area contributed by atoms with Crippen molar-refractivity contribution in [3.63, 3.8) is 0 Å². The highest BCUT2D eigenvalue weighted by molar-refractivity contribution is 8.00. The van der Waals surface area contributed by atoms with Gasteiger partial charge < -0.3 is 9.88 Å². The van der Waals surface area contributed by atoms with Gasteiger partial charge in [0, 0.05) is 23.7 Å². The Morgan fingerprint density at radius 1 is 1.32 bits per heavy atom. The number of nitrogens with zero attached hydrogens (tertiary/aromatic N) is 4. The fourth-order valence-corrected chi connectivity index (χ4v) is 3.73. The summed E-state index contributed by atoms with van der Waals surface area (Å²) in [5, 5.41) is 14.3. The number of carbonyl (C=O) groups is 1. The molecule has 0 saturated heterocycles. The smallest absolute Gasteiger partial charge is 0.239 e. The minimum absolute atomic E-state index is 0.0949. The summed E-state index contributed by atoms with van der Waals surface area (Å²) in [4.78, 5) is 16.4. The zero-order valence-corrected chi connectivity index (χ0v) is 15.9. The van der Waals surface area contributed by atoms with Crippen LogP contribution in [0, 0.1) is 6.92 Å². The maximum Gasteiger partial charge on any atom is 0.239 e. The number of aryl methyl sites for hydroxylation is 1. The predicted molar refractivity (Wildman–Crippen MR) is 102 cm³/mol. The van der Waals surface area contributed by atoms with Crippen LogP contribution >= 0.6 is 23.1 Å². The Balaban J connectivity index is 1.76. The van der Waals surface area contributed by atoms with E-state index in [2.05, 4.69) is 39.6 Å². The summed E-state index contributed by atoms with van der Waals surface area (Å²) in [7, 11) is 0. The van der Waals surface area contributed by atoms with E-state index in [0.29, 0.717) is 5.13 Å². The molecule has 1 aromatic carbocycles. The first kappa shape index (κ1) is 17.6. The number of thioether (sulfide) groups is 1. The first-order valence-electron chi connectivity index (χ1n) is 7.95. The summed E-state index contributed by atoms with van der Waals surface area (Å²) in [5.74, 6) is 0.722. The third-order valence-corrected chi connectivity index (χ3v) is 5.43. The summed E-state index contributed by atoms with van der Waals surface area (Å²) in [6.45, 7) is 6.69. The molecule has 130 valence electrons. The van der Waals surface area contributed by atoms with Crippen molar-refractivity contribution in [2.75, 3.05) is 5.32 Å². The van der Waals surface area contributed by atoms with Crippen molar-refractivity contribution in [1.82, 2.24) is 19.7 Å². The van der Waals surface area contributed by atoms with Crippen molar-refractivity contribution in [2.24, 2.45) is 0 Å². The van der Waals surface area contributed by atoms with E-state index in [9.17, 15) is 4.79 Å². The van der Waals surface area contributed by atoms with Gasteiger partial charge in [0.25, 0.3) is 0 Å². The molecule has 1 atom stereocenters. The number of nitrogens with one attached hydrogen (secondary N) is 1. The first-order chi connectivity index (χ1) is 12.1. The van der Waals surface area contributed by atoms with Crippen molar-refractivity contribution < 1.29 is 4.79 Å². The van der Waals surface area contributed by atoms with E-state index < -0.39 is 0 Å². The van der Waals surface area contributed by atoms with Crippen molar-refractivity contribution in [3.05, 3.63) is 41.4 Å². The molecule has 0 aliphatic carbocycles. The molecule has 1 N–H and O–H groups in total. The Labute approximate surface area is 154 Å². The molecule has 0 fully saturated rings. The van der Waals surface area contributed by atoms with Crippen molar-refractivity contribution in [3.8, 4) is 11.4 Å². The van der Waals surface area contributed by atoms with Gasteiger partial charge in [-0.1, -0.05) is 41.6 Å². The Hall–Kier alpha value is -2.19. The molecule has 1 amide bonds. The number of aromatic nitrogens is 4. The summed E-state index contributed by atoms with van der Waals surface area (Å²) in [6, 6.07) is 8.19. The summed E-state index contributed by atoms with van der Waals surface area (Å²) < 4.78 is 2.03. The molecule has 25 heavy (non-hydrogen) atoms. The predicted octanol–water partition coefficient (Wildman–Crippen LogP) is 3.85. The lowest BCUT2D eigenvalue weighted by Crippen LogP contribution is -2.22. The van der Waals surface area contributed by atoms with Gasteiger partial charge in [-0.25, -0.2) is 4.98 Å². The maximum atomic E-state index is 12.3. The van der Waals surface area contributed by atoms with E-state index >= 15 is 0 Å². The van der Waals surface area contributed by atoms with Gasteiger partial charge in [0.15, 0.2) is 16.1 Å². The van der Waals surface area contributed by atoms with E-state index in [-0.39, 0.29) is 11.2 Å². The fraction of sp³-hybridized carbons (Fsp3) is 0.294. The van der Waals surface area contributed by atoms with E-state index in [1.807, 2.05) is 35.9 Å². The molecule has 0 unspecified atom stereocenters. The number of hydrogen-bond donors (Lipinski definition) is 1. The molecule has 0 aliphatic heterocycles. The van der Waals surface area contributed by atoms with Crippen LogP contribution < -0.4 is 5.32 Å². The largest absolute Gasteiger partial charge is 0.302 e. The van der Waals surface area contributed by atoms with Gasteiger partial charge in [-0.2, -0.15) is 0 Å². The summed E-state index contributed by atoms with van der Waals surface area (Å²) in [6.07, 6.45) is 1.67. The van der Waals surface area contributed by atoms with Crippen molar-refractivity contribution in [2.45, 2.75) is 37.7 Å². The highest BCUT2D eigenvalue weighted by Crippen LogP contribution is 2.27. The standard InChI is InChI=1S/C17H19N5OS2/c1-4-22-14(13-7-5-11(2)6-8-13)20-21-17(22)25-12(3)15(23)19-16-18-9-10-24-16/h5-10,12H,4H2,1-3H3,(H,18,19,23)/t12-/m1/s1. The van der Waals surface area contributed by atoms with E-state index in [1.165, 1.54) is 28.7 Å². The third kappa shape index (κ3) is 4.08. The second-order valence-electron chi connectivity index (χ2n) is 5.50. The highest BCUT2D eigenvalue weighted by Gasteiger charge is 2.20. The van der Waals surface area contributed by atoms with Gasteiger partial charge in [-0.15, -0.1) is 21.5 Å². The van der Waals surface area contributed by atoms with Gasteiger partial charge in [-0.3, -0.25) is 4.79 Å². The first-order valence-corrected chi connectivity index (χ1v) is 9.71. The molecule has 0 bridgehead atoms. The molecule has 0 radical (unpaired) electrons. The zero-order valence-electron chi connectivity index (χ0n) is 14.3. The van der Waals surface area contributed by atoms with E-state index in [1.54, 1.807) is 6.20 Å². The van der Waals surface area contributed by atoms with Crippen LogP contribution in [0.2, 0.25) is 0 Å². The Kier molecular flexibility index (Phi) is 5.50. The van der Waals surface area contributed by atoms with Crippen LogP contribution in [-0.2, 0) is 11.3 Å². The zero-order chi connectivity index (χ0) is 17.8. The molecule has 0 saturated carbocycles. The normalized spacial score (nSPS) is 12.1. The molecule has 2 aromatic heterocycles. The number of rotatable bonds is 6. The molecule has 3 rings (SSSR count). The molecule has 2 heterocycles. The quantitative estimate of drug-likeness (QED) is 0.665. The van der Waals surface area contributed by atoms with Crippen LogP contribution in [0.15, 0.2) is 41.0 Å². The van der Waals surface area contributed by atoms with Gasteiger partial charge in [0.1, 0.15) is 0 Å². The minimum Gasteiger partial charge on any atom is -0.302 e. The second-order valence-corrected chi connectivity index (χ2v) is 7.71. The number of benzene rings is 1. The minimum atomic E-state index is -0.302. The van der Waals surface area contributed by atoms with Gasteiger partial charge >= 0.3 is 0 Å². The summed E-state index contributed by atoms with van der Waals surface area (Å²) >= 11 is 2.80. The van der Waals surface area contributed by atoms with Crippen LogP contribution in [-0.4, -0.2) is 30.9 Å². The lowest BCUT2D eigenvalue weighted by atomic mass is 10.1. The van der Waals surface area contributed by atoms with Crippen molar-refractivity contribution in [1.29, 1.82) is 0 Å². The Bertz CT molecular complexity index is 843. The molecule has 0 spiro atoms. The van der Waals surface area contributed by atoms with Crippen LogP contribution in [0.5, 0.6) is 0 Å². The van der Waals surface area contributed by atoms with Crippen LogP contribution in [0.4, 0.5) is 5.13 Å². The van der Waals surface area contributed by atoms with Crippen LogP contribution in [0.1, 0.15) is 19.4 Å². The third-order valence-electron chi connectivity index (χ3n) is 3.66. The Morgan fingerprint density at radius 3 is 2.72 bits per heavy atom. The number of anilines is 1. The molecular weight excluding hydrogens is 354 g/mol. The topological polar surface area (TPSA) is 72.7 Å². The monoisotopic (exact) mass is 373 g/mol. The second kappa shape index (κ2) is 7.79. The summed E-state index contributed by atoms with van der Waals surface area (Å²) in [5.41, 5.74) is 2.22. The van der Waals surface area contributed by atoms with E-state index in [4.69, 9.17) is 0 Å². The fourth-order valence-electron chi connectivity index (χ4n) is 2.28. The van der Waals surface area contributed by atoms with E-state index in [0.717, 1.165) is 23.1 Å². The average Bonchev–Trinajstić information content (AvgIpc) is 3.25. The van der Waals surface area contributed by atoms with Gasteiger partial charge in [-0.05, 0) is 20.8 Å². The number of hydrogen-bond acceptors (Lipinski definition) is 6. The van der Waals surface area contributed by atoms with Gasteiger partial charge in [0.2, 0.25) is 5.91 Å². The highest BCUT2D eigenvalue weighted by atomic mass is 32.2. The molecule has 0 aliphatic rings. The van der Waals surface area contributed by atoms with Crippen LogP contribution in [0.25, 0.3) is 11.4 Å². The number of carbonyl (C=O) groups excluding carboxylic acids is 1. The number of thiazole rings is 1. The maximum absolute atomic E-state index is 12.3. The average molecular weight is 374 g/mol. The SMILES string of the molecule is CCn1c(S[C@H](C)C(=O)Nc2nccs2)nnc1-c1ccc(C)cc1. The Morgan fingerprint density at radius 2 is 2.08 bits per heavy atom. The van der Waals surface area contributed by atoms with Gasteiger partial charge in [0.05, 0.1) is 5.25 Å². The lowest BCUT2D eigenvalue weighted by Gasteiger charge is -2.11. The lowest BCUT2D eigenvalue weighted by molar-refractivity contribution is -0.115. The molecular formula is C17H19N5OS2. The molecule has 6 nitrogen and oxygen atoms in total. The molecule has 8 heteroatoms. The van der Waals surface area contributed by atoms with Crippen LogP contribution in [0.3, 0.4) is 0 Å². The van der Waals surface area contributed by atoms with Crippen molar-refractivity contribution >= 4 is 34.1 Å². The number of amides is 1.